The molecule has 0 bridgehead atoms. The average Bonchev–Trinajstić information content (AvgIpc) is 2.29. The van der Waals surface area contributed by atoms with E-state index in [0.29, 0.717) is 0 Å². The van der Waals surface area contributed by atoms with Crippen LogP contribution in [-0.2, 0) is 14.8 Å². The molecule has 1 aromatic carbocycles. The summed E-state index contributed by atoms with van der Waals surface area (Å²) in [5, 5.41) is 8.93. The van der Waals surface area contributed by atoms with Crippen LogP contribution < -0.4 is 0 Å². The SMILES string of the molecule is CCC(C(=O)O)N(C)S(=O)(=O)c1ccc(F)cc1. The molecule has 1 N–H and O–H groups in total. The van der Waals surface area contributed by atoms with Crippen molar-refractivity contribution in [2.75, 3.05) is 7.05 Å². The molecule has 100 valence electrons. The highest BCUT2D eigenvalue weighted by molar-refractivity contribution is 7.89. The first-order valence-corrected chi connectivity index (χ1v) is 6.71. The number of carboxylic acids is 1. The van der Waals surface area contributed by atoms with E-state index in [1.54, 1.807) is 6.92 Å². The van der Waals surface area contributed by atoms with Crippen LogP contribution in [0, 0.1) is 5.82 Å². The van der Waals surface area contributed by atoms with E-state index in [-0.39, 0.29) is 11.3 Å². The van der Waals surface area contributed by atoms with Gasteiger partial charge in [0.05, 0.1) is 4.90 Å². The fourth-order valence-electron chi connectivity index (χ4n) is 1.53. The van der Waals surface area contributed by atoms with Gasteiger partial charge in [0.1, 0.15) is 11.9 Å². The first-order chi connectivity index (χ1) is 8.30. The molecule has 0 aromatic heterocycles. The first-order valence-electron chi connectivity index (χ1n) is 5.27. The van der Waals surface area contributed by atoms with E-state index in [4.69, 9.17) is 5.11 Å². The Kier molecular flexibility index (Phi) is 4.42. The van der Waals surface area contributed by atoms with Crippen LogP contribution in [0.15, 0.2) is 29.2 Å². The lowest BCUT2D eigenvalue weighted by Gasteiger charge is -2.23. The topological polar surface area (TPSA) is 74.7 Å². The van der Waals surface area contributed by atoms with Crippen LogP contribution in [0.4, 0.5) is 4.39 Å². The Hall–Kier alpha value is -1.47. The Morgan fingerprint density at radius 2 is 1.89 bits per heavy atom. The molecule has 0 saturated heterocycles. The van der Waals surface area contributed by atoms with Gasteiger partial charge in [-0.15, -0.1) is 0 Å². The highest BCUT2D eigenvalue weighted by Gasteiger charge is 2.31. The van der Waals surface area contributed by atoms with Gasteiger partial charge in [-0.05, 0) is 30.7 Å². The van der Waals surface area contributed by atoms with Gasteiger partial charge in [-0.1, -0.05) is 6.92 Å². The maximum absolute atomic E-state index is 12.7. The van der Waals surface area contributed by atoms with E-state index in [0.717, 1.165) is 28.6 Å². The van der Waals surface area contributed by atoms with Crippen LogP contribution in [0.1, 0.15) is 13.3 Å². The van der Waals surface area contributed by atoms with Crippen molar-refractivity contribution in [1.82, 2.24) is 4.31 Å². The van der Waals surface area contributed by atoms with Crippen molar-refractivity contribution in [1.29, 1.82) is 0 Å². The van der Waals surface area contributed by atoms with E-state index >= 15 is 0 Å². The lowest BCUT2D eigenvalue weighted by molar-refractivity contribution is -0.141. The van der Waals surface area contributed by atoms with E-state index in [1.165, 1.54) is 7.05 Å². The van der Waals surface area contributed by atoms with Gasteiger partial charge < -0.3 is 5.11 Å². The highest BCUT2D eigenvalue weighted by Crippen LogP contribution is 2.18. The number of likely N-dealkylation sites (N-methyl/N-ethyl adjacent to an activating group) is 1. The number of hydrogen-bond donors (Lipinski definition) is 1. The molecule has 1 aromatic rings. The molecule has 0 fully saturated rings. The summed E-state index contributed by atoms with van der Waals surface area (Å²) in [6.45, 7) is 1.58. The van der Waals surface area contributed by atoms with E-state index in [1.807, 2.05) is 0 Å². The highest BCUT2D eigenvalue weighted by atomic mass is 32.2. The fraction of sp³-hybridized carbons (Fsp3) is 0.364. The molecule has 0 aliphatic carbocycles. The molecule has 7 heteroatoms. The Morgan fingerprint density at radius 3 is 2.28 bits per heavy atom. The van der Waals surface area contributed by atoms with E-state index < -0.39 is 27.9 Å². The largest absolute Gasteiger partial charge is 0.480 e. The minimum Gasteiger partial charge on any atom is -0.480 e. The second-order valence-corrected chi connectivity index (χ2v) is 5.73. The summed E-state index contributed by atoms with van der Waals surface area (Å²) in [5.41, 5.74) is 0. The molecule has 5 nitrogen and oxygen atoms in total. The summed E-state index contributed by atoms with van der Waals surface area (Å²) in [7, 11) is -2.73. The van der Waals surface area contributed by atoms with Crippen LogP contribution in [-0.4, -0.2) is 36.9 Å². The van der Waals surface area contributed by atoms with Crippen molar-refractivity contribution in [3.05, 3.63) is 30.1 Å². The molecule has 18 heavy (non-hydrogen) atoms. The average molecular weight is 275 g/mol. The number of benzene rings is 1. The maximum atomic E-state index is 12.7. The van der Waals surface area contributed by atoms with Crippen LogP contribution >= 0.6 is 0 Å². The molecule has 0 saturated carbocycles. The lowest BCUT2D eigenvalue weighted by atomic mass is 10.2. The number of carboxylic acid groups (broad SMARTS) is 1. The standard InChI is InChI=1S/C11H14FNO4S/c1-3-10(11(14)15)13(2)18(16,17)9-6-4-8(12)5-7-9/h4-7,10H,3H2,1-2H3,(H,14,15). The number of nitrogens with zero attached hydrogens (tertiary/aromatic N) is 1. The normalized spacial score (nSPS) is 13.6. The van der Waals surface area contributed by atoms with Crippen LogP contribution in [0.25, 0.3) is 0 Å². The Bertz CT molecular complexity index is 526. The number of carbonyl (C=O) groups is 1. The van der Waals surface area contributed by atoms with Gasteiger partial charge in [-0.3, -0.25) is 4.79 Å². The summed E-state index contributed by atoms with van der Waals surface area (Å²) >= 11 is 0. The minimum atomic E-state index is -3.93. The quantitative estimate of drug-likeness (QED) is 0.879. The summed E-state index contributed by atoms with van der Waals surface area (Å²) in [6.07, 6.45) is 0.145. The molecule has 0 aliphatic rings. The third kappa shape index (κ3) is 2.85. The van der Waals surface area contributed by atoms with Crippen molar-refractivity contribution in [2.45, 2.75) is 24.3 Å². The van der Waals surface area contributed by atoms with Crippen molar-refractivity contribution in [2.24, 2.45) is 0 Å². The zero-order valence-electron chi connectivity index (χ0n) is 10.00. The molecule has 0 radical (unpaired) electrons. The van der Waals surface area contributed by atoms with Gasteiger partial charge >= 0.3 is 5.97 Å². The summed E-state index contributed by atoms with van der Waals surface area (Å²) < 4.78 is 37.7. The predicted molar refractivity (Wildman–Crippen MR) is 63.1 cm³/mol. The molecule has 1 rings (SSSR count). The lowest BCUT2D eigenvalue weighted by Crippen LogP contribution is -2.41. The molecule has 0 spiro atoms. The number of rotatable bonds is 5. The minimum absolute atomic E-state index is 0.133. The monoisotopic (exact) mass is 275 g/mol. The van der Waals surface area contributed by atoms with E-state index in [2.05, 4.69) is 0 Å². The summed E-state index contributed by atoms with van der Waals surface area (Å²) in [4.78, 5) is 10.8. The van der Waals surface area contributed by atoms with Crippen LogP contribution in [0.2, 0.25) is 0 Å². The Balaban J connectivity index is 3.13. The van der Waals surface area contributed by atoms with Gasteiger partial charge in [0, 0.05) is 7.05 Å². The van der Waals surface area contributed by atoms with Crippen LogP contribution in [0.3, 0.4) is 0 Å². The molecule has 1 atom stereocenters. The van der Waals surface area contributed by atoms with Gasteiger partial charge in [-0.2, -0.15) is 4.31 Å². The van der Waals surface area contributed by atoms with Gasteiger partial charge in [-0.25, -0.2) is 12.8 Å². The third-order valence-corrected chi connectivity index (χ3v) is 4.48. The second-order valence-electron chi connectivity index (χ2n) is 3.74. The van der Waals surface area contributed by atoms with Crippen molar-refractivity contribution < 1.29 is 22.7 Å². The molecule has 0 aliphatic heterocycles. The molecule has 0 heterocycles. The second kappa shape index (κ2) is 5.45. The third-order valence-electron chi connectivity index (χ3n) is 2.60. The maximum Gasteiger partial charge on any atom is 0.321 e. The number of halogens is 1. The zero-order chi connectivity index (χ0) is 13.9. The summed E-state index contributed by atoms with van der Waals surface area (Å²) in [5.74, 6) is -1.77. The van der Waals surface area contributed by atoms with E-state index in [9.17, 15) is 17.6 Å². The van der Waals surface area contributed by atoms with Crippen LogP contribution in [0.5, 0.6) is 0 Å². The molecular weight excluding hydrogens is 261 g/mol. The first kappa shape index (κ1) is 14.6. The van der Waals surface area contributed by atoms with Crippen molar-refractivity contribution in [3.63, 3.8) is 0 Å². The number of aliphatic carboxylic acids is 1. The predicted octanol–water partition coefficient (Wildman–Crippen LogP) is 1.31. The number of hydrogen-bond acceptors (Lipinski definition) is 3. The summed E-state index contributed by atoms with van der Waals surface area (Å²) in [6, 6.07) is 3.11. The van der Waals surface area contributed by atoms with Gasteiger partial charge in [0.2, 0.25) is 10.0 Å². The van der Waals surface area contributed by atoms with Gasteiger partial charge in [0.25, 0.3) is 0 Å². The molecule has 1 unspecified atom stereocenters. The smallest absolute Gasteiger partial charge is 0.321 e. The number of sulfonamides is 1. The fourth-order valence-corrected chi connectivity index (χ4v) is 2.91. The Labute approximate surface area is 105 Å². The van der Waals surface area contributed by atoms with Crippen molar-refractivity contribution >= 4 is 16.0 Å². The van der Waals surface area contributed by atoms with Gasteiger partial charge in [0.15, 0.2) is 0 Å². The van der Waals surface area contributed by atoms with Crippen molar-refractivity contribution in [3.8, 4) is 0 Å². The molecular formula is C11H14FNO4S. The Morgan fingerprint density at radius 1 is 1.39 bits per heavy atom. The zero-order valence-corrected chi connectivity index (χ0v) is 10.8. The molecule has 0 amide bonds.